The maximum Gasteiger partial charge on any atom is 0.307 e. The SMILES string of the molecule is Cc1c(N)ccc(CC(=O)O)c1Cl. The van der Waals surface area contributed by atoms with Crippen LogP contribution in [0, 0.1) is 6.92 Å². The van der Waals surface area contributed by atoms with E-state index in [-0.39, 0.29) is 6.42 Å². The molecular weight excluding hydrogens is 190 g/mol. The maximum absolute atomic E-state index is 10.4. The standard InChI is InChI=1S/C9H10ClNO2/c1-5-7(11)3-2-6(9(5)10)4-8(12)13/h2-3H,4,11H2,1H3,(H,12,13). The number of nitrogen functional groups attached to an aromatic ring is 1. The second kappa shape index (κ2) is 3.66. The molecule has 0 amide bonds. The monoisotopic (exact) mass is 199 g/mol. The van der Waals surface area contributed by atoms with Crippen molar-refractivity contribution in [2.75, 3.05) is 5.73 Å². The lowest BCUT2D eigenvalue weighted by atomic mass is 10.1. The molecule has 0 heterocycles. The summed E-state index contributed by atoms with van der Waals surface area (Å²) in [4.78, 5) is 10.4. The van der Waals surface area contributed by atoms with Gasteiger partial charge in [0.15, 0.2) is 0 Å². The lowest BCUT2D eigenvalue weighted by Crippen LogP contribution is -2.02. The van der Waals surface area contributed by atoms with E-state index in [0.29, 0.717) is 16.3 Å². The normalized spacial score (nSPS) is 10.0. The highest BCUT2D eigenvalue weighted by Crippen LogP contribution is 2.25. The Morgan fingerprint density at radius 1 is 1.62 bits per heavy atom. The predicted molar refractivity (Wildman–Crippen MR) is 51.9 cm³/mol. The number of carboxylic acids is 1. The highest BCUT2D eigenvalue weighted by Gasteiger charge is 2.08. The summed E-state index contributed by atoms with van der Waals surface area (Å²) >= 11 is 5.90. The maximum atomic E-state index is 10.4. The first-order chi connectivity index (χ1) is 6.02. The summed E-state index contributed by atoms with van der Waals surface area (Å²) in [5.74, 6) is -0.897. The Kier molecular flexibility index (Phi) is 2.78. The Hall–Kier alpha value is -1.22. The van der Waals surface area contributed by atoms with Crippen molar-refractivity contribution in [3.63, 3.8) is 0 Å². The van der Waals surface area contributed by atoms with Gasteiger partial charge >= 0.3 is 5.97 Å². The van der Waals surface area contributed by atoms with Gasteiger partial charge in [0.2, 0.25) is 0 Å². The number of hydrogen-bond acceptors (Lipinski definition) is 2. The molecule has 70 valence electrons. The fourth-order valence-corrected chi connectivity index (χ4v) is 1.29. The zero-order valence-corrected chi connectivity index (χ0v) is 7.93. The van der Waals surface area contributed by atoms with Gasteiger partial charge in [-0.2, -0.15) is 0 Å². The molecule has 0 aliphatic carbocycles. The molecule has 0 aliphatic rings. The molecule has 0 saturated carbocycles. The Bertz CT molecular complexity index is 350. The quantitative estimate of drug-likeness (QED) is 0.715. The van der Waals surface area contributed by atoms with Crippen LogP contribution in [0.2, 0.25) is 5.02 Å². The molecule has 0 aromatic heterocycles. The average molecular weight is 200 g/mol. The lowest BCUT2D eigenvalue weighted by molar-refractivity contribution is -0.136. The molecule has 0 unspecified atom stereocenters. The van der Waals surface area contributed by atoms with Crippen molar-refractivity contribution < 1.29 is 9.90 Å². The topological polar surface area (TPSA) is 63.3 Å². The van der Waals surface area contributed by atoms with Gasteiger partial charge in [0, 0.05) is 10.7 Å². The van der Waals surface area contributed by atoms with E-state index in [9.17, 15) is 4.79 Å². The van der Waals surface area contributed by atoms with Crippen molar-refractivity contribution in [3.8, 4) is 0 Å². The number of carboxylic acid groups (broad SMARTS) is 1. The Morgan fingerprint density at radius 3 is 2.77 bits per heavy atom. The molecule has 1 rings (SSSR count). The van der Waals surface area contributed by atoms with Gasteiger partial charge in [0.1, 0.15) is 0 Å². The molecule has 0 saturated heterocycles. The van der Waals surface area contributed by atoms with Crippen molar-refractivity contribution in [2.45, 2.75) is 13.3 Å². The number of hydrogen-bond donors (Lipinski definition) is 2. The van der Waals surface area contributed by atoms with Crippen LogP contribution >= 0.6 is 11.6 Å². The molecule has 0 radical (unpaired) electrons. The van der Waals surface area contributed by atoms with Gasteiger partial charge in [-0.3, -0.25) is 4.79 Å². The van der Waals surface area contributed by atoms with Crippen LogP contribution in [-0.4, -0.2) is 11.1 Å². The van der Waals surface area contributed by atoms with E-state index in [1.807, 2.05) is 0 Å². The van der Waals surface area contributed by atoms with Crippen molar-refractivity contribution in [1.82, 2.24) is 0 Å². The number of rotatable bonds is 2. The first-order valence-corrected chi connectivity index (χ1v) is 4.15. The molecule has 13 heavy (non-hydrogen) atoms. The molecule has 1 aromatic carbocycles. The van der Waals surface area contributed by atoms with Gasteiger partial charge in [-0.25, -0.2) is 0 Å². The minimum atomic E-state index is -0.897. The van der Waals surface area contributed by atoms with Crippen LogP contribution in [0.3, 0.4) is 0 Å². The summed E-state index contributed by atoms with van der Waals surface area (Å²) in [5, 5.41) is 9.01. The summed E-state index contributed by atoms with van der Waals surface area (Å²) in [7, 11) is 0. The largest absolute Gasteiger partial charge is 0.481 e. The van der Waals surface area contributed by atoms with Gasteiger partial charge in [-0.15, -0.1) is 0 Å². The highest BCUT2D eigenvalue weighted by molar-refractivity contribution is 6.32. The number of benzene rings is 1. The van der Waals surface area contributed by atoms with Crippen LogP contribution in [0.4, 0.5) is 5.69 Å². The smallest absolute Gasteiger partial charge is 0.307 e. The lowest BCUT2D eigenvalue weighted by Gasteiger charge is -2.06. The molecule has 0 atom stereocenters. The highest BCUT2D eigenvalue weighted by atomic mass is 35.5. The number of halogens is 1. The second-order valence-electron chi connectivity index (χ2n) is 2.82. The first-order valence-electron chi connectivity index (χ1n) is 3.77. The van der Waals surface area contributed by atoms with Crippen LogP contribution in [0.25, 0.3) is 0 Å². The van der Waals surface area contributed by atoms with E-state index < -0.39 is 5.97 Å². The van der Waals surface area contributed by atoms with E-state index in [1.54, 1.807) is 19.1 Å². The summed E-state index contributed by atoms with van der Waals surface area (Å²) in [6, 6.07) is 3.30. The number of carbonyl (C=O) groups is 1. The van der Waals surface area contributed by atoms with Crippen LogP contribution in [-0.2, 0) is 11.2 Å². The molecule has 0 spiro atoms. The Morgan fingerprint density at radius 2 is 2.23 bits per heavy atom. The third-order valence-corrected chi connectivity index (χ3v) is 2.38. The minimum absolute atomic E-state index is 0.0695. The van der Waals surface area contributed by atoms with Gasteiger partial charge < -0.3 is 10.8 Å². The summed E-state index contributed by atoms with van der Waals surface area (Å²) < 4.78 is 0. The van der Waals surface area contributed by atoms with Crippen molar-refractivity contribution in [1.29, 1.82) is 0 Å². The zero-order valence-electron chi connectivity index (χ0n) is 7.17. The van der Waals surface area contributed by atoms with E-state index in [0.717, 1.165) is 5.56 Å². The van der Waals surface area contributed by atoms with E-state index >= 15 is 0 Å². The van der Waals surface area contributed by atoms with Gasteiger partial charge in [0.25, 0.3) is 0 Å². The van der Waals surface area contributed by atoms with Crippen molar-refractivity contribution >= 4 is 23.3 Å². The molecule has 1 aromatic rings. The fraction of sp³-hybridized carbons (Fsp3) is 0.222. The summed E-state index contributed by atoms with van der Waals surface area (Å²) in [6.45, 7) is 1.77. The van der Waals surface area contributed by atoms with E-state index in [1.165, 1.54) is 0 Å². The predicted octanol–water partition coefficient (Wildman–Crippen LogP) is 1.86. The van der Waals surface area contributed by atoms with Gasteiger partial charge in [0.05, 0.1) is 6.42 Å². The van der Waals surface area contributed by atoms with Crippen LogP contribution < -0.4 is 5.73 Å². The summed E-state index contributed by atoms with van der Waals surface area (Å²) in [5.41, 5.74) is 7.51. The van der Waals surface area contributed by atoms with E-state index in [2.05, 4.69) is 0 Å². The Labute approximate surface area is 81.1 Å². The Balaban J connectivity index is 3.10. The molecule has 3 N–H and O–H groups in total. The molecule has 0 aliphatic heterocycles. The fourth-order valence-electron chi connectivity index (χ4n) is 1.06. The zero-order chi connectivity index (χ0) is 10.0. The van der Waals surface area contributed by atoms with Crippen LogP contribution in [0.15, 0.2) is 12.1 Å². The van der Waals surface area contributed by atoms with Crippen LogP contribution in [0.1, 0.15) is 11.1 Å². The van der Waals surface area contributed by atoms with Crippen molar-refractivity contribution in [2.24, 2.45) is 0 Å². The van der Waals surface area contributed by atoms with Gasteiger partial charge in [-0.1, -0.05) is 17.7 Å². The second-order valence-corrected chi connectivity index (χ2v) is 3.20. The number of aliphatic carboxylic acids is 1. The number of anilines is 1. The van der Waals surface area contributed by atoms with Crippen LogP contribution in [0.5, 0.6) is 0 Å². The first kappa shape index (κ1) is 9.86. The van der Waals surface area contributed by atoms with Crippen molar-refractivity contribution in [3.05, 3.63) is 28.3 Å². The molecule has 0 bridgehead atoms. The minimum Gasteiger partial charge on any atom is -0.481 e. The third-order valence-electron chi connectivity index (χ3n) is 1.85. The summed E-state index contributed by atoms with van der Waals surface area (Å²) in [6.07, 6.45) is -0.0695. The molecule has 0 fully saturated rings. The molecular formula is C9H10ClNO2. The third kappa shape index (κ3) is 2.12. The number of nitrogens with two attached hydrogens (primary N) is 1. The van der Waals surface area contributed by atoms with E-state index in [4.69, 9.17) is 22.4 Å². The van der Waals surface area contributed by atoms with Gasteiger partial charge in [-0.05, 0) is 24.1 Å². The molecule has 3 nitrogen and oxygen atoms in total. The average Bonchev–Trinajstić information content (AvgIpc) is 2.06. The molecule has 4 heteroatoms.